The van der Waals surface area contributed by atoms with Gasteiger partial charge in [-0.3, -0.25) is 14.5 Å². The highest BCUT2D eigenvalue weighted by Gasteiger charge is 2.32. The highest BCUT2D eigenvalue weighted by Crippen LogP contribution is 2.39. The topological polar surface area (TPSA) is 87.5 Å². The molecule has 8 rings (SSSR count). The molecule has 9 nitrogen and oxygen atoms in total. The van der Waals surface area contributed by atoms with Gasteiger partial charge < -0.3 is 28.9 Å². The van der Waals surface area contributed by atoms with Crippen molar-refractivity contribution in [2.45, 2.75) is 39.3 Å². The van der Waals surface area contributed by atoms with Gasteiger partial charge in [-0.25, -0.2) is 0 Å². The molecule has 49 heavy (non-hydrogen) atoms. The van der Waals surface area contributed by atoms with Crippen LogP contribution in [0.25, 0.3) is 5.69 Å². The maximum atomic E-state index is 14.5. The van der Waals surface area contributed by atoms with E-state index >= 15 is 0 Å². The minimum Gasteiger partial charge on any atom is -0.508 e. The number of fused-ring (bicyclic) bond motifs is 3. The van der Waals surface area contributed by atoms with Gasteiger partial charge in [0.2, 0.25) is 6.79 Å². The summed E-state index contributed by atoms with van der Waals surface area (Å²) >= 11 is 0. The Morgan fingerprint density at radius 1 is 0.857 bits per heavy atom. The van der Waals surface area contributed by atoms with Crippen LogP contribution in [0, 0.1) is 6.92 Å². The van der Waals surface area contributed by atoms with E-state index in [0.717, 1.165) is 42.0 Å². The third-order valence-corrected chi connectivity index (χ3v) is 9.77. The molecule has 4 aromatic carbocycles. The van der Waals surface area contributed by atoms with Crippen LogP contribution >= 0.6 is 12.4 Å². The van der Waals surface area contributed by atoms with Gasteiger partial charge in [-0.05, 0) is 98.0 Å². The lowest BCUT2D eigenvalue weighted by Crippen LogP contribution is -2.42. The number of hydrogen-bond acceptors (Lipinski definition) is 6. The van der Waals surface area contributed by atoms with Gasteiger partial charge in [-0.2, -0.15) is 0 Å². The number of likely N-dealkylation sites (N-methyl/N-ethyl adjacent to an activating group) is 1. The molecule has 0 radical (unpaired) electrons. The number of rotatable bonds is 5. The maximum Gasteiger partial charge on any atom is 0.264 e. The van der Waals surface area contributed by atoms with E-state index in [1.807, 2.05) is 46.7 Å². The van der Waals surface area contributed by atoms with Crippen molar-refractivity contribution in [2.75, 3.05) is 30.2 Å². The van der Waals surface area contributed by atoms with Crippen LogP contribution in [-0.4, -0.2) is 52.8 Å². The van der Waals surface area contributed by atoms with Crippen LogP contribution in [0.3, 0.4) is 0 Å². The van der Waals surface area contributed by atoms with E-state index in [-0.39, 0.29) is 42.8 Å². The summed E-state index contributed by atoms with van der Waals surface area (Å²) in [6, 6.07) is 26.4. The van der Waals surface area contributed by atoms with Crippen molar-refractivity contribution in [1.29, 1.82) is 0 Å². The molecule has 0 fully saturated rings. The summed E-state index contributed by atoms with van der Waals surface area (Å²) in [6.45, 7) is 5.51. The fourth-order valence-corrected chi connectivity index (χ4v) is 7.16. The van der Waals surface area contributed by atoms with Gasteiger partial charge in [0, 0.05) is 61.2 Å². The predicted octanol–water partition coefficient (Wildman–Crippen LogP) is 7.20. The van der Waals surface area contributed by atoms with Crippen LogP contribution in [0.15, 0.2) is 91.1 Å². The van der Waals surface area contributed by atoms with Crippen molar-refractivity contribution in [3.63, 3.8) is 0 Å². The molecule has 1 N–H and O–H groups in total. The van der Waals surface area contributed by atoms with Gasteiger partial charge >= 0.3 is 0 Å². The fourth-order valence-electron chi connectivity index (χ4n) is 7.16. The maximum absolute atomic E-state index is 14.5. The number of anilines is 3. The summed E-state index contributed by atoms with van der Waals surface area (Å²) in [5.74, 6) is 0.849. The molecule has 0 saturated heterocycles. The predicted molar refractivity (Wildman–Crippen MR) is 191 cm³/mol. The van der Waals surface area contributed by atoms with Crippen LogP contribution in [0.4, 0.5) is 17.1 Å². The third kappa shape index (κ3) is 5.64. The first kappa shape index (κ1) is 32.2. The monoisotopic (exact) mass is 676 g/mol. The number of carbonyl (C=O) groups is 2. The molecule has 4 heterocycles. The Morgan fingerprint density at radius 3 is 2.35 bits per heavy atom. The largest absolute Gasteiger partial charge is 0.508 e. The lowest BCUT2D eigenvalue weighted by atomic mass is 9.94. The standard InChI is InChI=1S/C39H36N4O5.ClH/c1-24-17-29(38(45)43(30-8-11-32(44)12-9-30)31-10-13-34-27(18-31)14-15-40(34)3)22-41(24)35-20-37-36(47-23-48-37)19-33(35)39(46)42-21-28-7-5-4-6-26(28)16-25(42)2;/h4-13,17-20,22,25,44H,14-16,21,23H2,1-3H3;1H/t25-;/m1./s1. The number of aromatic nitrogens is 1. The second kappa shape index (κ2) is 12.6. The molecule has 10 heteroatoms. The average molecular weight is 677 g/mol. The summed E-state index contributed by atoms with van der Waals surface area (Å²) in [7, 11) is 2.07. The van der Waals surface area contributed by atoms with E-state index in [1.165, 1.54) is 11.1 Å². The molecule has 0 unspecified atom stereocenters. The Morgan fingerprint density at radius 2 is 1.57 bits per heavy atom. The number of benzene rings is 4. The number of hydrogen-bond donors (Lipinski definition) is 1. The number of carbonyl (C=O) groups excluding carboxylic acids is 2. The van der Waals surface area contributed by atoms with Crippen LogP contribution in [0.5, 0.6) is 17.2 Å². The molecule has 2 amide bonds. The lowest BCUT2D eigenvalue weighted by Gasteiger charge is -2.35. The molecule has 1 aromatic heterocycles. The Hall–Kier alpha value is -5.41. The number of halogens is 1. The van der Waals surface area contributed by atoms with Crippen LogP contribution in [0.1, 0.15) is 50.0 Å². The van der Waals surface area contributed by atoms with Gasteiger partial charge in [0.15, 0.2) is 11.5 Å². The van der Waals surface area contributed by atoms with E-state index in [1.54, 1.807) is 41.4 Å². The molecule has 250 valence electrons. The van der Waals surface area contributed by atoms with Gasteiger partial charge in [0.25, 0.3) is 11.8 Å². The summed E-state index contributed by atoms with van der Waals surface area (Å²) in [5, 5.41) is 10.0. The first-order chi connectivity index (χ1) is 23.2. The zero-order chi connectivity index (χ0) is 33.1. The van der Waals surface area contributed by atoms with Crippen molar-refractivity contribution in [1.82, 2.24) is 9.47 Å². The number of aryl methyl sites for hydroxylation is 1. The summed E-state index contributed by atoms with van der Waals surface area (Å²) in [4.78, 5) is 34.7. The minimum absolute atomic E-state index is 0. The zero-order valence-electron chi connectivity index (χ0n) is 27.6. The van der Waals surface area contributed by atoms with Crippen molar-refractivity contribution < 1.29 is 24.2 Å². The molecule has 0 bridgehead atoms. The number of amides is 2. The molecule has 0 aliphatic carbocycles. The molecule has 0 spiro atoms. The lowest BCUT2D eigenvalue weighted by molar-refractivity contribution is 0.0657. The summed E-state index contributed by atoms with van der Waals surface area (Å²) < 4.78 is 13.4. The first-order valence-electron chi connectivity index (χ1n) is 16.2. The second-order valence-corrected chi connectivity index (χ2v) is 12.9. The van der Waals surface area contributed by atoms with Crippen LogP contribution < -0.4 is 19.3 Å². The average Bonchev–Trinajstić information content (AvgIpc) is 3.82. The third-order valence-electron chi connectivity index (χ3n) is 9.77. The molecule has 1 atom stereocenters. The normalized spacial score (nSPS) is 15.8. The number of phenolic OH excluding ortho intramolecular Hbond substituents is 1. The van der Waals surface area contributed by atoms with E-state index < -0.39 is 0 Å². The van der Waals surface area contributed by atoms with Crippen LogP contribution in [0.2, 0.25) is 0 Å². The molecular formula is C39H37ClN4O5. The minimum atomic E-state index is -0.233. The molecule has 3 aliphatic heterocycles. The van der Waals surface area contributed by atoms with Gasteiger partial charge in [-0.1, -0.05) is 24.3 Å². The van der Waals surface area contributed by atoms with Crippen LogP contribution in [-0.2, 0) is 19.4 Å². The number of ether oxygens (including phenoxy) is 2. The van der Waals surface area contributed by atoms with E-state index in [2.05, 4.69) is 43.1 Å². The zero-order valence-corrected chi connectivity index (χ0v) is 28.4. The van der Waals surface area contributed by atoms with Crippen molar-refractivity contribution in [2.24, 2.45) is 0 Å². The highest BCUT2D eigenvalue weighted by molar-refractivity contribution is 6.11. The fraction of sp³-hybridized carbons (Fsp3) is 0.231. The summed E-state index contributed by atoms with van der Waals surface area (Å²) in [5.41, 5.74) is 8.44. The molecule has 0 saturated carbocycles. The van der Waals surface area contributed by atoms with Crippen molar-refractivity contribution in [3.05, 3.63) is 125 Å². The van der Waals surface area contributed by atoms with Crippen molar-refractivity contribution in [3.8, 4) is 22.9 Å². The smallest absolute Gasteiger partial charge is 0.264 e. The number of phenols is 1. The van der Waals surface area contributed by atoms with E-state index in [9.17, 15) is 14.7 Å². The van der Waals surface area contributed by atoms with E-state index in [0.29, 0.717) is 40.5 Å². The Kier molecular flexibility index (Phi) is 8.24. The summed E-state index contributed by atoms with van der Waals surface area (Å²) in [6.07, 6.45) is 3.46. The number of nitrogens with zero attached hydrogens (tertiary/aromatic N) is 4. The Bertz CT molecular complexity index is 2090. The molecular weight excluding hydrogens is 640 g/mol. The quantitative estimate of drug-likeness (QED) is 0.212. The van der Waals surface area contributed by atoms with Crippen molar-refractivity contribution >= 4 is 41.3 Å². The van der Waals surface area contributed by atoms with E-state index in [4.69, 9.17) is 9.47 Å². The van der Waals surface area contributed by atoms with Gasteiger partial charge in [-0.15, -0.1) is 12.4 Å². The van der Waals surface area contributed by atoms with Gasteiger partial charge in [0.05, 0.1) is 16.8 Å². The molecule has 5 aromatic rings. The number of aromatic hydroxyl groups is 1. The highest BCUT2D eigenvalue weighted by atomic mass is 35.5. The molecule has 3 aliphatic rings. The Labute approximate surface area is 291 Å². The first-order valence-corrected chi connectivity index (χ1v) is 16.2. The SMILES string of the molecule is Cc1cc(C(=O)N(c2ccc(O)cc2)c2ccc3c(c2)CCN3C)cn1-c1cc2c(cc1C(=O)N1Cc3ccccc3C[C@H]1C)OCO2.Cl. The van der Waals surface area contributed by atoms with Gasteiger partial charge in [0.1, 0.15) is 5.75 Å². The second-order valence-electron chi connectivity index (χ2n) is 12.9. The Balaban J connectivity index is 0.00000378.